The molecule has 0 saturated heterocycles. The molecule has 4 heteroatoms. The number of hydrogen-bond acceptors (Lipinski definition) is 4. The normalized spacial score (nSPS) is 21.9. The molecule has 1 heterocycles. The van der Waals surface area contributed by atoms with Gasteiger partial charge in [0.05, 0.1) is 11.6 Å². The SMILES string of the molecule is CCC1CCC(c2noc(-c3cccc(C#N)c3)n2)CC1. The molecule has 21 heavy (non-hydrogen) atoms. The van der Waals surface area contributed by atoms with Crippen LogP contribution in [0.25, 0.3) is 11.5 Å². The van der Waals surface area contributed by atoms with Crippen molar-refractivity contribution in [3.8, 4) is 17.5 Å². The minimum absolute atomic E-state index is 0.421. The molecule has 2 aromatic rings. The van der Waals surface area contributed by atoms with Gasteiger partial charge in [-0.3, -0.25) is 0 Å². The number of nitriles is 1. The zero-order valence-corrected chi connectivity index (χ0v) is 12.2. The van der Waals surface area contributed by atoms with Crippen LogP contribution in [-0.4, -0.2) is 10.1 Å². The number of benzene rings is 1. The third kappa shape index (κ3) is 2.97. The fraction of sp³-hybridized carbons (Fsp3) is 0.471. The maximum Gasteiger partial charge on any atom is 0.257 e. The molecule has 1 fully saturated rings. The summed E-state index contributed by atoms with van der Waals surface area (Å²) in [5.41, 5.74) is 1.42. The Hall–Kier alpha value is -2.15. The van der Waals surface area contributed by atoms with Gasteiger partial charge in [-0.2, -0.15) is 10.2 Å². The first-order valence-corrected chi connectivity index (χ1v) is 7.64. The maximum absolute atomic E-state index is 8.95. The van der Waals surface area contributed by atoms with Crippen LogP contribution in [0.4, 0.5) is 0 Å². The molecule has 0 spiro atoms. The lowest BCUT2D eigenvalue weighted by atomic mass is 9.80. The van der Waals surface area contributed by atoms with Gasteiger partial charge in [0, 0.05) is 11.5 Å². The number of aromatic nitrogens is 2. The van der Waals surface area contributed by atoms with E-state index in [9.17, 15) is 0 Å². The van der Waals surface area contributed by atoms with E-state index in [-0.39, 0.29) is 0 Å². The van der Waals surface area contributed by atoms with Crippen LogP contribution in [0.2, 0.25) is 0 Å². The van der Waals surface area contributed by atoms with Crippen molar-refractivity contribution in [2.24, 2.45) is 5.92 Å². The van der Waals surface area contributed by atoms with Crippen LogP contribution in [0.15, 0.2) is 28.8 Å². The van der Waals surface area contributed by atoms with Crippen LogP contribution in [0.5, 0.6) is 0 Å². The molecule has 1 saturated carbocycles. The summed E-state index contributed by atoms with van der Waals surface area (Å²) >= 11 is 0. The highest BCUT2D eigenvalue weighted by Gasteiger charge is 2.25. The Labute approximate surface area is 124 Å². The molecular weight excluding hydrogens is 262 g/mol. The van der Waals surface area contributed by atoms with Crippen molar-refractivity contribution >= 4 is 0 Å². The summed E-state index contributed by atoms with van der Waals surface area (Å²) in [5.74, 6) is 2.62. The lowest BCUT2D eigenvalue weighted by Crippen LogP contribution is -2.13. The quantitative estimate of drug-likeness (QED) is 0.841. The maximum atomic E-state index is 8.95. The van der Waals surface area contributed by atoms with Crippen LogP contribution in [0, 0.1) is 17.2 Å². The van der Waals surface area contributed by atoms with E-state index in [1.807, 2.05) is 12.1 Å². The Morgan fingerprint density at radius 3 is 2.81 bits per heavy atom. The average Bonchev–Trinajstić information content (AvgIpc) is 3.05. The number of rotatable bonds is 3. The molecule has 0 radical (unpaired) electrons. The van der Waals surface area contributed by atoms with Gasteiger partial charge in [0.2, 0.25) is 0 Å². The molecule has 0 N–H and O–H groups in total. The summed E-state index contributed by atoms with van der Waals surface area (Å²) in [6, 6.07) is 9.41. The summed E-state index contributed by atoms with van der Waals surface area (Å²) in [4.78, 5) is 4.54. The first-order valence-electron chi connectivity index (χ1n) is 7.64. The monoisotopic (exact) mass is 281 g/mol. The Kier molecular flexibility index (Phi) is 4.01. The highest BCUT2D eigenvalue weighted by atomic mass is 16.5. The van der Waals surface area contributed by atoms with Gasteiger partial charge in [-0.05, 0) is 49.8 Å². The minimum atomic E-state index is 0.421. The van der Waals surface area contributed by atoms with Gasteiger partial charge in [-0.1, -0.05) is 24.6 Å². The van der Waals surface area contributed by atoms with Crippen molar-refractivity contribution in [1.82, 2.24) is 10.1 Å². The number of hydrogen-bond donors (Lipinski definition) is 0. The summed E-state index contributed by atoms with van der Waals surface area (Å²) in [7, 11) is 0. The van der Waals surface area contributed by atoms with Gasteiger partial charge >= 0.3 is 0 Å². The Balaban J connectivity index is 1.76. The second-order valence-electron chi connectivity index (χ2n) is 5.78. The van der Waals surface area contributed by atoms with Gasteiger partial charge in [0.25, 0.3) is 5.89 Å². The van der Waals surface area contributed by atoms with E-state index in [4.69, 9.17) is 9.78 Å². The molecule has 0 bridgehead atoms. The fourth-order valence-electron chi connectivity index (χ4n) is 3.07. The van der Waals surface area contributed by atoms with Gasteiger partial charge < -0.3 is 4.52 Å². The lowest BCUT2D eigenvalue weighted by molar-refractivity contribution is 0.305. The molecule has 0 amide bonds. The predicted molar refractivity (Wildman–Crippen MR) is 79.4 cm³/mol. The molecule has 0 aliphatic heterocycles. The second-order valence-corrected chi connectivity index (χ2v) is 5.78. The van der Waals surface area contributed by atoms with Crippen LogP contribution in [-0.2, 0) is 0 Å². The van der Waals surface area contributed by atoms with E-state index in [0.29, 0.717) is 17.4 Å². The highest BCUT2D eigenvalue weighted by molar-refractivity contribution is 5.56. The molecule has 1 aliphatic rings. The van der Waals surface area contributed by atoms with Crippen molar-refractivity contribution < 1.29 is 4.52 Å². The molecular formula is C17H19N3O. The van der Waals surface area contributed by atoms with E-state index in [0.717, 1.165) is 30.1 Å². The van der Waals surface area contributed by atoms with Crippen molar-refractivity contribution in [2.75, 3.05) is 0 Å². The predicted octanol–water partition coefficient (Wildman–Crippen LogP) is 4.29. The Bertz CT molecular complexity index is 648. The molecule has 1 aromatic carbocycles. The third-order valence-electron chi connectivity index (χ3n) is 4.47. The van der Waals surface area contributed by atoms with E-state index in [1.165, 1.54) is 19.3 Å². The molecule has 3 rings (SSSR count). The van der Waals surface area contributed by atoms with Crippen LogP contribution >= 0.6 is 0 Å². The van der Waals surface area contributed by atoms with Crippen molar-refractivity contribution in [2.45, 2.75) is 44.9 Å². The highest BCUT2D eigenvalue weighted by Crippen LogP contribution is 2.36. The molecule has 0 atom stereocenters. The summed E-state index contributed by atoms with van der Waals surface area (Å²) in [6.07, 6.45) is 6.08. The molecule has 1 aromatic heterocycles. The zero-order chi connectivity index (χ0) is 14.7. The Morgan fingerprint density at radius 1 is 1.29 bits per heavy atom. The van der Waals surface area contributed by atoms with E-state index < -0.39 is 0 Å². The topological polar surface area (TPSA) is 62.7 Å². The van der Waals surface area contributed by atoms with Gasteiger partial charge in [0.1, 0.15) is 0 Å². The zero-order valence-electron chi connectivity index (χ0n) is 12.2. The van der Waals surface area contributed by atoms with Crippen LogP contribution in [0.1, 0.15) is 56.3 Å². The van der Waals surface area contributed by atoms with Gasteiger partial charge in [-0.25, -0.2) is 0 Å². The first-order chi connectivity index (χ1) is 10.3. The lowest BCUT2D eigenvalue weighted by Gasteiger charge is -2.25. The molecule has 0 unspecified atom stereocenters. The third-order valence-corrected chi connectivity index (χ3v) is 4.47. The van der Waals surface area contributed by atoms with Crippen LogP contribution < -0.4 is 0 Å². The summed E-state index contributed by atoms with van der Waals surface area (Å²) in [5, 5.41) is 13.1. The minimum Gasteiger partial charge on any atom is -0.334 e. The first kappa shape index (κ1) is 13.8. The van der Waals surface area contributed by atoms with E-state index in [1.54, 1.807) is 12.1 Å². The second kappa shape index (κ2) is 6.09. The molecule has 1 aliphatic carbocycles. The standard InChI is InChI=1S/C17H19N3O/c1-2-12-6-8-14(9-7-12)16-19-17(21-20-16)15-5-3-4-13(10-15)11-18/h3-5,10,12,14H,2,6-9H2,1H3. The fourth-order valence-corrected chi connectivity index (χ4v) is 3.07. The van der Waals surface area contributed by atoms with E-state index in [2.05, 4.69) is 23.1 Å². The summed E-state index contributed by atoms with van der Waals surface area (Å²) < 4.78 is 5.39. The van der Waals surface area contributed by atoms with Crippen molar-refractivity contribution in [3.05, 3.63) is 35.7 Å². The average molecular weight is 281 g/mol. The number of nitrogens with zero attached hydrogens (tertiary/aromatic N) is 3. The van der Waals surface area contributed by atoms with Crippen LogP contribution in [0.3, 0.4) is 0 Å². The van der Waals surface area contributed by atoms with Gasteiger partial charge in [-0.15, -0.1) is 0 Å². The van der Waals surface area contributed by atoms with E-state index >= 15 is 0 Å². The van der Waals surface area contributed by atoms with Crippen molar-refractivity contribution in [1.29, 1.82) is 5.26 Å². The Morgan fingerprint density at radius 2 is 2.10 bits per heavy atom. The largest absolute Gasteiger partial charge is 0.334 e. The molecule has 4 nitrogen and oxygen atoms in total. The molecule has 108 valence electrons. The van der Waals surface area contributed by atoms with Gasteiger partial charge in [0.15, 0.2) is 5.82 Å². The summed E-state index contributed by atoms with van der Waals surface area (Å²) in [6.45, 7) is 2.26. The van der Waals surface area contributed by atoms with Crippen molar-refractivity contribution in [3.63, 3.8) is 0 Å². The smallest absolute Gasteiger partial charge is 0.257 e.